The maximum atomic E-state index is 6.07. The van der Waals surface area contributed by atoms with Gasteiger partial charge in [0.05, 0.1) is 12.7 Å². The molecule has 1 heterocycles. The summed E-state index contributed by atoms with van der Waals surface area (Å²) in [6.45, 7) is 6.32. The summed E-state index contributed by atoms with van der Waals surface area (Å²) in [7, 11) is 0. The second-order valence-corrected chi connectivity index (χ2v) is 5.20. The van der Waals surface area contributed by atoms with Gasteiger partial charge in [0, 0.05) is 13.2 Å². The van der Waals surface area contributed by atoms with Gasteiger partial charge in [0.1, 0.15) is 17.2 Å². The Labute approximate surface area is 114 Å². The summed E-state index contributed by atoms with van der Waals surface area (Å²) in [5.41, 5.74) is 6.66. The summed E-state index contributed by atoms with van der Waals surface area (Å²) in [5, 5.41) is 0. The molecule has 4 nitrogen and oxygen atoms in total. The maximum Gasteiger partial charge on any atom is 0.146 e. The van der Waals surface area contributed by atoms with Crippen LogP contribution in [0.5, 0.6) is 11.5 Å². The van der Waals surface area contributed by atoms with Gasteiger partial charge in [0.25, 0.3) is 0 Å². The molecule has 0 saturated carbocycles. The normalized spacial score (nSPS) is 16.6. The minimum absolute atomic E-state index is 0.105. The molecule has 4 heteroatoms. The van der Waals surface area contributed by atoms with Gasteiger partial charge in [0.2, 0.25) is 0 Å². The highest BCUT2D eigenvalue weighted by atomic mass is 16.5. The minimum Gasteiger partial charge on any atom is -0.491 e. The lowest BCUT2D eigenvalue weighted by Gasteiger charge is -2.23. The molecule has 0 radical (unpaired) electrons. The summed E-state index contributed by atoms with van der Waals surface area (Å²) in [6.07, 6.45) is 2.22. The van der Waals surface area contributed by atoms with E-state index in [1.165, 1.54) is 0 Å². The Morgan fingerprint density at radius 1 is 1.26 bits per heavy atom. The summed E-state index contributed by atoms with van der Waals surface area (Å²) in [6, 6.07) is 5.67. The van der Waals surface area contributed by atoms with Crippen LogP contribution in [0, 0.1) is 5.92 Å². The summed E-state index contributed by atoms with van der Waals surface area (Å²) in [4.78, 5) is 0. The van der Waals surface area contributed by atoms with E-state index in [0.29, 0.717) is 29.7 Å². The first kappa shape index (κ1) is 14.0. The molecule has 0 aliphatic carbocycles. The molecule has 2 rings (SSSR count). The first-order valence-corrected chi connectivity index (χ1v) is 6.92. The molecule has 1 fully saturated rings. The zero-order valence-electron chi connectivity index (χ0n) is 11.7. The maximum absolute atomic E-state index is 6.07. The number of para-hydroxylation sites is 1. The van der Waals surface area contributed by atoms with Gasteiger partial charge >= 0.3 is 0 Å². The molecule has 1 aromatic carbocycles. The lowest BCUT2D eigenvalue weighted by atomic mass is 10.0. The molecule has 19 heavy (non-hydrogen) atoms. The van der Waals surface area contributed by atoms with E-state index < -0.39 is 0 Å². The number of nitrogens with two attached hydrogens (primary N) is 1. The van der Waals surface area contributed by atoms with Crippen LogP contribution in [0.15, 0.2) is 18.2 Å². The Bertz CT molecular complexity index is 400. The van der Waals surface area contributed by atoms with Crippen molar-refractivity contribution in [2.24, 2.45) is 5.92 Å². The third-order valence-electron chi connectivity index (χ3n) is 3.20. The van der Waals surface area contributed by atoms with Gasteiger partial charge in [-0.25, -0.2) is 0 Å². The van der Waals surface area contributed by atoms with E-state index in [-0.39, 0.29) is 6.10 Å². The van der Waals surface area contributed by atoms with E-state index in [1.807, 2.05) is 32.0 Å². The molecular weight excluding hydrogens is 242 g/mol. The Balaban J connectivity index is 1.95. The van der Waals surface area contributed by atoms with Crippen LogP contribution in [-0.2, 0) is 4.74 Å². The zero-order chi connectivity index (χ0) is 13.7. The lowest BCUT2D eigenvalue weighted by molar-refractivity contribution is 0.0498. The molecular formula is C15H23NO3. The average Bonchev–Trinajstić information content (AvgIpc) is 2.40. The summed E-state index contributed by atoms with van der Waals surface area (Å²) in [5.74, 6) is 1.96. The van der Waals surface area contributed by atoms with E-state index in [2.05, 4.69) is 0 Å². The molecule has 2 N–H and O–H groups in total. The first-order chi connectivity index (χ1) is 9.16. The van der Waals surface area contributed by atoms with Crippen molar-refractivity contribution in [1.29, 1.82) is 0 Å². The van der Waals surface area contributed by atoms with Gasteiger partial charge in [-0.05, 0) is 44.7 Å². The molecule has 0 atom stereocenters. The molecule has 0 spiro atoms. The minimum atomic E-state index is 0.105. The van der Waals surface area contributed by atoms with Crippen LogP contribution < -0.4 is 15.2 Å². The first-order valence-electron chi connectivity index (χ1n) is 6.92. The van der Waals surface area contributed by atoms with Gasteiger partial charge in [-0.2, -0.15) is 0 Å². The lowest BCUT2D eigenvalue weighted by Crippen LogP contribution is -2.21. The van der Waals surface area contributed by atoms with Crippen molar-refractivity contribution in [2.75, 3.05) is 25.6 Å². The fourth-order valence-electron chi connectivity index (χ4n) is 2.13. The number of nitrogen functional groups attached to an aromatic ring is 1. The molecule has 1 saturated heterocycles. The van der Waals surface area contributed by atoms with E-state index in [0.717, 1.165) is 26.1 Å². The van der Waals surface area contributed by atoms with Gasteiger partial charge in [0.15, 0.2) is 0 Å². The zero-order valence-corrected chi connectivity index (χ0v) is 11.7. The second kappa shape index (κ2) is 6.66. The van der Waals surface area contributed by atoms with Crippen LogP contribution in [0.1, 0.15) is 26.7 Å². The van der Waals surface area contributed by atoms with E-state index >= 15 is 0 Å². The van der Waals surface area contributed by atoms with Gasteiger partial charge < -0.3 is 19.9 Å². The number of ether oxygens (including phenoxy) is 3. The number of rotatable bonds is 5. The number of hydrogen-bond donors (Lipinski definition) is 1. The average molecular weight is 265 g/mol. The van der Waals surface area contributed by atoms with Crippen molar-refractivity contribution >= 4 is 5.69 Å². The third kappa shape index (κ3) is 4.03. The second-order valence-electron chi connectivity index (χ2n) is 5.20. The predicted octanol–water partition coefficient (Wildman–Crippen LogP) is 2.86. The molecule has 1 aliphatic heterocycles. The quantitative estimate of drug-likeness (QED) is 0.832. The molecule has 106 valence electrons. The van der Waals surface area contributed by atoms with Crippen molar-refractivity contribution in [3.05, 3.63) is 18.2 Å². The van der Waals surface area contributed by atoms with Crippen molar-refractivity contribution in [1.82, 2.24) is 0 Å². The largest absolute Gasteiger partial charge is 0.491 e. The van der Waals surface area contributed by atoms with Crippen molar-refractivity contribution in [3.8, 4) is 11.5 Å². The highest BCUT2D eigenvalue weighted by Crippen LogP contribution is 2.32. The standard InChI is InChI=1S/C15H23NO3/c1-11(2)19-14-5-3-4-13(15(14)16)18-10-12-6-8-17-9-7-12/h3-5,11-12H,6-10,16H2,1-2H3. The topological polar surface area (TPSA) is 53.7 Å². The molecule has 0 bridgehead atoms. The highest BCUT2D eigenvalue weighted by molar-refractivity contribution is 5.62. The van der Waals surface area contributed by atoms with Crippen molar-refractivity contribution in [3.63, 3.8) is 0 Å². The third-order valence-corrected chi connectivity index (χ3v) is 3.20. The van der Waals surface area contributed by atoms with Crippen LogP contribution in [0.4, 0.5) is 5.69 Å². The van der Waals surface area contributed by atoms with Gasteiger partial charge in [-0.3, -0.25) is 0 Å². The van der Waals surface area contributed by atoms with Crippen molar-refractivity contribution < 1.29 is 14.2 Å². The summed E-state index contributed by atoms with van der Waals surface area (Å²) >= 11 is 0. The SMILES string of the molecule is CC(C)Oc1cccc(OCC2CCOCC2)c1N. The summed E-state index contributed by atoms with van der Waals surface area (Å²) < 4.78 is 16.8. The van der Waals surface area contributed by atoms with Crippen molar-refractivity contribution in [2.45, 2.75) is 32.8 Å². The number of anilines is 1. The molecule has 0 unspecified atom stereocenters. The van der Waals surface area contributed by atoms with E-state index in [4.69, 9.17) is 19.9 Å². The van der Waals surface area contributed by atoms with Crippen LogP contribution in [0.3, 0.4) is 0 Å². The van der Waals surface area contributed by atoms with Crippen LogP contribution >= 0.6 is 0 Å². The smallest absolute Gasteiger partial charge is 0.146 e. The Kier molecular flexibility index (Phi) is 4.91. The Morgan fingerprint density at radius 3 is 2.63 bits per heavy atom. The number of hydrogen-bond acceptors (Lipinski definition) is 4. The molecule has 1 aromatic rings. The number of benzene rings is 1. The molecule has 0 aromatic heterocycles. The Morgan fingerprint density at radius 2 is 1.95 bits per heavy atom. The van der Waals surface area contributed by atoms with E-state index in [1.54, 1.807) is 0 Å². The van der Waals surface area contributed by atoms with Crippen LogP contribution in [0.25, 0.3) is 0 Å². The van der Waals surface area contributed by atoms with E-state index in [9.17, 15) is 0 Å². The van der Waals surface area contributed by atoms with Crippen LogP contribution in [0.2, 0.25) is 0 Å². The molecule has 0 amide bonds. The van der Waals surface area contributed by atoms with Gasteiger partial charge in [-0.15, -0.1) is 0 Å². The monoisotopic (exact) mass is 265 g/mol. The van der Waals surface area contributed by atoms with Gasteiger partial charge in [-0.1, -0.05) is 6.07 Å². The van der Waals surface area contributed by atoms with Crippen LogP contribution in [-0.4, -0.2) is 25.9 Å². The molecule has 1 aliphatic rings. The fraction of sp³-hybridized carbons (Fsp3) is 0.600. The fourth-order valence-corrected chi connectivity index (χ4v) is 2.13. The predicted molar refractivity (Wildman–Crippen MR) is 75.7 cm³/mol. The highest BCUT2D eigenvalue weighted by Gasteiger charge is 2.16. The Hall–Kier alpha value is -1.42.